The molecule has 4 nitrogen and oxygen atoms in total. The summed E-state index contributed by atoms with van der Waals surface area (Å²) < 4.78 is 59.4. The smallest absolute Gasteiger partial charge is 0.416 e. The number of ether oxygens (including phenoxy) is 1. The van der Waals surface area contributed by atoms with E-state index in [9.17, 15) is 22.4 Å². The maximum absolute atomic E-state index is 14.8. The van der Waals surface area contributed by atoms with E-state index >= 15 is 0 Å². The highest BCUT2D eigenvalue weighted by molar-refractivity contribution is 6.12. The molecule has 1 atom stereocenters. The third kappa shape index (κ3) is 3.87. The van der Waals surface area contributed by atoms with Gasteiger partial charge >= 0.3 is 6.18 Å². The number of piperidine rings is 1. The van der Waals surface area contributed by atoms with Crippen molar-refractivity contribution in [2.75, 3.05) is 6.54 Å². The Bertz CT molecular complexity index is 1030. The van der Waals surface area contributed by atoms with Gasteiger partial charge in [0.25, 0.3) is 0 Å². The SMILES string of the molecule is O=C1CC(c2ccc(OCc3ccccc3C(F)(F)F)cc2F)C2=CCN=C2N1. The van der Waals surface area contributed by atoms with Gasteiger partial charge in [-0.15, -0.1) is 0 Å². The number of fused-ring (bicyclic) bond motifs is 1. The fraction of sp³-hybridized carbons (Fsp3) is 0.238. The zero-order valence-corrected chi connectivity index (χ0v) is 15.1. The molecule has 0 spiro atoms. The van der Waals surface area contributed by atoms with Crippen molar-refractivity contribution >= 4 is 11.7 Å². The van der Waals surface area contributed by atoms with Crippen LogP contribution in [0.4, 0.5) is 17.6 Å². The summed E-state index contributed by atoms with van der Waals surface area (Å²) in [5.74, 6) is -0.702. The molecule has 8 heteroatoms. The average Bonchev–Trinajstić information content (AvgIpc) is 3.14. The van der Waals surface area contributed by atoms with E-state index in [1.54, 1.807) is 0 Å². The van der Waals surface area contributed by atoms with E-state index in [1.165, 1.54) is 30.3 Å². The van der Waals surface area contributed by atoms with Crippen LogP contribution in [0.3, 0.4) is 0 Å². The Labute approximate surface area is 163 Å². The molecule has 0 aliphatic carbocycles. The number of nitrogens with one attached hydrogen (secondary N) is 1. The molecular weight excluding hydrogens is 388 g/mol. The third-order valence-corrected chi connectivity index (χ3v) is 4.92. The van der Waals surface area contributed by atoms with Crippen molar-refractivity contribution in [2.24, 2.45) is 4.99 Å². The highest BCUT2D eigenvalue weighted by Crippen LogP contribution is 2.36. The topological polar surface area (TPSA) is 50.7 Å². The quantitative estimate of drug-likeness (QED) is 0.770. The molecular formula is C21H16F4N2O2. The zero-order valence-electron chi connectivity index (χ0n) is 15.1. The molecule has 1 fully saturated rings. The van der Waals surface area contributed by atoms with Crippen molar-refractivity contribution in [3.8, 4) is 5.75 Å². The number of halogens is 4. The molecule has 1 unspecified atom stereocenters. The predicted molar refractivity (Wildman–Crippen MR) is 98.1 cm³/mol. The molecule has 0 saturated carbocycles. The molecule has 0 aromatic heterocycles. The van der Waals surface area contributed by atoms with Crippen molar-refractivity contribution in [2.45, 2.75) is 25.1 Å². The van der Waals surface area contributed by atoms with Crippen LogP contribution in [-0.2, 0) is 17.6 Å². The van der Waals surface area contributed by atoms with Crippen molar-refractivity contribution < 1.29 is 27.1 Å². The standard InChI is InChI=1S/C21H16F4N2O2/c22-18-9-13(29-11-12-3-1-2-4-17(12)21(23,24)25)5-6-14(18)16-10-19(28)27-20-15(16)7-8-26-20/h1-7,9,16H,8,10-11H2,(H,26,27,28). The number of carbonyl (C=O) groups is 1. The number of hydrogen-bond acceptors (Lipinski definition) is 3. The normalized spacial score (nSPS) is 18.6. The van der Waals surface area contributed by atoms with Gasteiger partial charge in [0.1, 0.15) is 24.0 Å². The highest BCUT2D eigenvalue weighted by Gasteiger charge is 2.34. The van der Waals surface area contributed by atoms with Crippen molar-refractivity contribution in [1.82, 2.24) is 5.32 Å². The molecule has 2 heterocycles. The van der Waals surface area contributed by atoms with Gasteiger partial charge < -0.3 is 10.1 Å². The van der Waals surface area contributed by atoms with E-state index in [1.807, 2.05) is 6.08 Å². The Balaban J connectivity index is 1.53. The summed E-state index contributed by atoms with van der Waals surface area (Å²) >= 11 is 0. The van der Waals surface area contributed by atoms with E-state index in [2.05, 4.69) is 10.3 Å². The molecule has 2 aromatic carbocycles. The van der Waals surface area contributed by atoms with Crippen LogP contribution in [-0.4, -0.2) is 18.3 Å². The molecule has 1 saturated heterocycles. The molecule has 0 bridgehead atoms. The Morgan fingerprint density at radius 2 is 1.97 bits per heavy atom. The summed E-state index contributed by atoms with van der Waals surface area (Å²) in [4.78, 5) is 16.1. The van der Waals surface area contributed by atoms with E-state index in [0.29, 0.717) is 17.9 Å². The van der Waals surface area contributed by atoms with Gasteiger partial charge in [-0.1, -0.05) is 30.3 Å². The van der Waals surface area contributed by atoms with Crippen molar-refractivity contribution in [3.63, 3.8) is 0 Å². The first-order chi connectivity index (χ1) is 13.8. The van der Waals surface area contributed by atoms with E-state index < -0.39 is 23.5 Å². The summed E-state index contributed by atoms with van der Waals surface area (Å²) in [6.45, 7) is 0.0884. The number of benzene rings is 2. The summed E-state index contributed by atoms with van der Waals surface area (Å²) in [5, 5.41) is 2.67. The molecule has 2 aliphatic rings. The van der Waals surface area contributed by atoms with Crippen LogP contribution in [0.5, 0.6) is 5.75 Å². The van der Waals surface area contributed by atoms with Gasteiger partial charge in [-0.3, -0.25) is 9.79 Å². The van der Waals surface area contributed by atoms with Crippen molar-refractivity contribution in [3.05, 3.63) is 76.6 Å². The Morgan fingerprint density at radius 1 is 1.17 bits per heavy atom. The van der Waals surface area contributed by atoms with Crippen LogP contribution >= 0.6 is 0 Å². The van der Waals surface area contributed by atoms with E-state index in [-0.39, 0.29) is 30.2 Å². The fourth-order valence-corrected chi connectivity index (χ4v) is 3.56. The van der Waals surface area contributed by atoms with Crippen LogP contribution in [0.15, 0.2) is 59.1 Å². The lowest BCUT2D eigenvalue weighted by Gasteiger charge is -2.25. The van der Waals surface area contributed by atoms with Gasteiger partial charge in [-0.25, -0.2) is 4.39 Å². The van der Waals surface area contributed by atoms with Crippen LogP contribution < -0.4 is 10.1 Å². The van der Waals surface area contributed by atoms with Crippen LogP contribution in [0.1, 0.15) is 29.0 Å². The molecule has 29 heavy (non-hydrogen) atoms. The second-order valence-corrected chi connectivity index (χ2v) is 6.78. The number of rotatable bonds is 4. The lowest BCUT2D eigenvalue weighted by Crippen LogP contribution is -2.39. The van der Waals surface area contributed by atoms with E-state index in [4.69, 9.17) is 4.74 Å². The lowest BCUT2D eigenvalue weighted by molar-refractivity contribution is -0.138. The number of amidine groups is 1. The number of carbonyl (C=O) groups excluding carboxylic acids is 1. The van der Waals surface area contributed by atoms with Gasteiger partial charge in [0.2, 0.25) is 5.91 Å². The minimum Gasteiger partial charge on any atom is -0.489 e. The fourth-order valence-electron chi connectivity index (χ4n) is 3.56. The lowest BCUT2D eigenvalue weighted by atomic mass is 9.84. The van der Waals surface area contributed by atoms with Crippen LogP contribution in [0, 0.1) is 5.82 Å². The van der Waals surface area contributed by atoms with Crippen LogP contribution in [0.25, 0.3) is 0 Å². The number of amides is 1. The minimum absolute atomic E-state index is 0.0367. The second kappa shape index (κ2) is 7.35. The molecule has 150 valence electrons. The Morgan fingerprint density at radius 3 is 2.72 bits per heavy atom. The Kier molecular flexibility index (Phi) is 4.86. The maximum Gasteiger partial charge on any atom is 0.416 e. The summed E-state index contributed by atoms with van der Waals surface area (Å²) in [6.07, 6.45) is -2.55. The molecule has 2 aromatic rings. The predicted octanol–water partition coefficient (Wildman–Crippen LogP) is 4.37. The number of hydrogen-bond donors (Lipinski definition) is 1. The highest BCUT2D eigenvalue weighted by atomic mass is 19.4. The average molecular weight is 404 g/mol. The second-order valence-electron chi connectivity index (χ2n) is 6.78. The van der Waals surface area contributed by atoms with Crippen LogP contribution in [0.2, 0.25) is 0 Å². The molecule has 2 aliphatic heterocycles. The monoisotopic (exact) mass is 404 g/mol. The zero-order chi connectivity index (χ0) is 20.6. The summed E-state index contributed by atoms with van der Waals surface area (Å²) in [5.41, 5.74) is 0.274. The summed E-state index contributed by atoms with van der Waals surface area (Å²) in [7, 11) is 0. The van der Waals surface area contributed by atoms with Gasteiger partial charge in [0.05, 0.1) is 12.1 Å². The third-order valence-electron chi connectivity index (χ3n) is 4.92. The molecule has 4 rings (SSSR count). The van der Waals surface area contributed by atoms with Crippen molar-refractivity contribution in [1.29, 1.82) is 0 Å². The molecule has 1 N–H and O–H groups in total. The number of alkyl halides is 3. The first-order valence-corrected chi connectivity index (χ1v) is 8.95. The van der Waals surface area contributed by atoms with E-state index in [0.717, 1.165) is 17.7 Å². The largest absolute Gasteiger partial charge is 0.489 e. The minimum atomic E-state index is -4.50. The van der Waals surface area contributed by atoms with Gasteiger partial charge in [-0.05, 0) is 17.7 Å². The molecule has 1 amide bonds. The Hall–Kier alpha value is -3.16. The molecule has 0 radical (unpaired) electrons. The maximum atomic E-state index is 14.8. The summed E-state index contributed by atoms with van der Waals surface area (Å²) in [6, 6.07) is 9.21. The van der Waals surface area contributed by atoms with Gasteiger partial charge in [-0.2, -0.15) is 13.2 Å². The first-order valence-electron chi connectivity index (χ1n) is 8.95. The van der Waals surface area contributed by atoms with Gasteiger partial charge in [0.15, 0.2) is 0 Å². The first kappa shape index (κ1) is 19.2. The number of nitrogens with zero attached hydrogens (tertiary/aromatic N) is 1. The number of aliphatic imine (C=N–C) groups is 1. The van der Waals surface area contributed by atoms with Gasteiger partial charge in [0, 0.05) is 29.5 Å².